The standard InChI is InChI=1S/C9H22O2Si.C2H7N/c1-5-10-12(11-6-2)8-7-9(3)4;1-2-3/h9,12H,5-8H2,1-4H3;2-3H2,1H3. The van der Waals surface area contributed by atoms with E-state index in [1.807, 2.05) is 20.8 Å². The zero-order chi connectivity index (χ0) is 12.1. The predicted octanol–water partition coefficient (Wildman–Crippen LogP) is 2.29. The molecular weight excluding hydrogens is 206 g/mol. The molecule has 0 aromatic rings. The lowest BCUT2D eigenvalue weighted by Gasteiger charge is -2.15. The quantitative estimate of drug-likeness (QED) is 0.689. The Balaban J connectivity index is 0. The fourth-order valence-corrected chi connectivity index (χ4v) is 3.17. The van der Waals surface area contributed by atoms with Crippen LogP contribution < -0.4 is 5.73 Å². The van der Waals surface area contributed by atoms with Gasteiger partial charge in [0, 0.05) is 13.2 Å². The summed E-state index contributed by atoms with van der Waals surface area (Å²) in [5.41, 5.74) is 4.85. The number of nitrogens with two attached hydrogens (primary N) is 1. The van der Waals surface area contributed by atoms with Crippen molar-refractivity contribution in [2.45, 2.75) is 47.1 Å². The summed E-state index contributed by atoms with van der Waals surface area (Å²) in [6, 6.07) is 1.15. The third kappa shape index (κ3) is 16.8. The Bertz CT molecular complexity index is 107. The normalized spacial score (nSPS) is 10.4. The van der Waals surface area contributed by atoms with Gasteiger partial charge >= 0.3 is 9.28 Å². The van der Waals surface area contributed by atoms with E-state index < -0.39 is 9.28 Å². The molecule has 0 fully saturated rings. The lowest BCUT2D eigenvalue weighted by molar-refractivity contribution is 0.211. The van der Waals surface area contributed by atoms with Crippen LogP contribution in [-0.4, -0.2) is 29.0 Å². The second-order valence-corrected chi connectivity index (χ2v) is 5.82. The van der Waals surface area contributed by atoms with Crippen molar-refractivity contribution in [1.82, 2.24) is 0 Å². The van der Waals surface area contributed by atoms with Crippen molar-refractivity contribution in [3.05, 3.63) is 0 Å². The van der Waals surface area contributed by atoms with E-state index in [1.54, 1.807) is 0 Å². The van der Waals surface area contributed by atoms with E-state index in [-0.39, 0.29) is 0 Å². The molecule has 0 aromatic carbocycles. The van der Waals surface area contributed by atoms with Gasteiger partial charge in [-0.2, -0.15) is 0 Å². The van der Waals surface area contributed by atoms with Crippen LogP contribution in [0.15, 0.2) is 0 Å². The Morgan fingerprint density at radius 3 is 1.73 bits per heavy atom. The van der Waals surface area contributed by atoms with E-state index in [2.05, 4.69) is 13.8 Å². The second kappa shape index (κ2) is 14.1. The van der Waals surface area contributed by atoms with Crippen molar-refractivity contribution in [2.75, 3.05) is 19.8 Å². The van der Waals surface area contributed by atoms with Gasteiger partial charge in [0.05, 0.1) is 0 Å². The van der Waals surface area contributed by atoms with Gasteiger partial charge in [0.1, 0.15) is 0 Å². The highest BCUT2D eigenvalue weighted by Gasteiger charge is 2.11. The third-order valence-corrected chi connectivity index (χ3v) is 3.90. The minimum Gasteiger partial charge on any atom is -0.397 e. The number of hydrogen-bond acceptors (Lipinski definition) is 3. The lowest BCUT2D eigenvalue weighted by atomic mass is 10.2. The van der Waals surface area contributed by atoms with Crippen LogP contribution in [0.4, 0.5) is 0 Å². The van der Waals surface area contributed by atoms with Crippen LogP contribution in [0, 0.1) is 5.92 Å². The minimum absolute atomic E-state index is 0.750. The van der Waals surface area contributed by atoms with E-state index >= 15 is 0 Å². The smallest absolute Gasteiger partial charge is 0.321 e. The van der Waals surface area contributed by atoms with E-state index in [9.17, 15) is 0 Å². The van der Waals surface area contributed by atoms with Gasteiger partial charge in [0.15, 0.2) is 0 Å². The molecule has 4 heteroatoms. The van der Waals surface area contributed by atoms with Gasteiger partial charge in [-0.3, -0.25) is 0 Å². The first-order valence-corrected chi connectivity index (χ1v) is 7.81. The van der Waals surface area contributed by atoms with Crippen molar-refractivity contribution >= 4 is 9.28 Å². The fourth-order valence-electron chi connectivity index (χ4n) is 1.06. The minimum atomic E-state index is -1.29. The SMILES string of the molecule is CCN.CCO[SiH](CCC(C)C)OCC. The molecule has 3 nitrogen and oxygen atoms in total. The Hall–Kier alpha value is 0.0969. The third-order valence-electron chi connectivity index (χ3n) is 1.68. The Kier molecular flexibility index (Phi) is 16.4. The molecule has 0 aliphatic rings. The van der Waals surface area contributed by atoms with Crippen LogP contribution in [0.1, 0.15) is 41.0 Å². The molecule has 15 heavy (non-hydrogen) atoms. The van der Waals surface area contributed by atoms with E-state index in [1.165, 1.54) is 6.42 Å². The molecule has 0 saturated carbocycles. The highest BCUT2D eigenvalue weighted by Crippen LogP contribution is 2.08. The van der Waals surface area contributed by atoms with Gasteiger partial charge in [0.2, 0.25) is 0 Å². The molecule has 0 aliphatic carbocycles. The number of hydrogen-bond donors (Lipinski definition) is 1. The maximum atomic E-state index is 5.55. The summed E-state index contributed by atoms with van der Waals surface area (Å²) in [6.07, 6.45) is 1.23. The predicted molar refractivity (Wildman–Crippen MR) is 69.4 cm³/mol. The Morgan fingerprint density at radius 1 is 1.07 bits per heavy atom. The summed E-state index contributed by atoms with van der Waals surface area (Å²) in [5, 5.41) is 0. The monoisotopic (exact) mass is 235 g/mol. The average molecular weight is 235 g/mol. The molecule has 0 aliphatic heterocycles. The fraction of sp³-hybridized carbons (Fsp3) is 1.00. The van der Waals surface area contributed by atoms with Crippen LogP contribution in [0.25, 0.3) is 0 Å². The van der Waals surface area contributed by atoms with Crippen molar-refractivity contribution < 1.29 is 8.85 Å². The molecule has 2 N–H and O–H groups in total. The first kappa shape index (κ1) is 17.5. The van der Waals surface area contributed by atoms with Crippen LogP contribution in [0.2, 0.25) is 6.04 Å². The summed E-state index contributed by atoms with van der Waals surface area (Å²) in [4.78, 5) is 0. The zero-order valence-electron chi connectivity index (χ0n) is 11.1. The molecule has 0 spiro atoms. The Morgan fingerprint density at radius 2 is 1.47 bits per heavy atom. The van der Waals surface area contributed by atoms with Gasteiger partial charge < -0.3 is 14.6 Å². The maximum Gasteiger partial charge on any atom is 0.321 e. The molecule has 94 valence electrons. The van der Waals surface area contributed by atoms with Crippen LogP contribution >= 0.6 is 0 Å². The van der Waals surface area contributed by atoms with Crippen molar-refractivity contribution in [3.63, 3.8) is 0 Å². The largest absolute Gasteiger partial charge is 0.397 e. The highest BCUT2D eigenvalue weighted by atomic mass is 28.3. The zero-order valence-corrected chi connectivity index (χ0v) is 12.2. The molecule has 0 saturated heterocycles. The van der Waals surface area contributed by atoms with E-state index in [0.29, 0.717) is 0 Å². The second-order valence-electron chi connectivity index (χ2n) is 3.72. The van der Waals surface area contributed by atoms with Crippen molar-refractivity contribution in [3.8, 4) is 0 Å². The van der Waals surface area contributed by atoms with Gasteiger partial charge in [-0.05, 0) is 38.8 Å². The number of rotatable bonds is 7. The molecule has 0 atom stereocenters. The summed E-state index contributed by atoms with van der Waals surface area (Å²) in [7, 11) is -1.29. The maximum absolute atomic E-state index is 5.55. The average Bonchev–Trinajstić information content (AvgIpc) is 2.16. The molecular formula is C11H29NO2Si. The molecule has 0 bridgehead atoms. The molecule has 0 radical (unpaired) electrons. The van der Waals surface area contributed by atoms with Crippen molar-refractivity contribution in [2.24, 2.45) is 11.7 Å². The van der Waals surface area contributed by atoms with Crippen LogP contribution in [0.3, 0.4) is 0 Å². The van der Waals surface area contributed by atoms with Gasteiger partial charge in [-0.15, -0.1) is 0 Å². The van der Waals surface area contributed by atoms with Crippen LogP contribution in [-0.2, 0) is 8.85 Å². The first-order valence-electron chi connectivity index (χ1n) is 6.05. The van der Waals surface area contributed by atoms with Gasteiger partial charge in [0.25, 0.3) is 0 Å². The molecule has 0 aromatic heterocycles. The topological polar surface area (TPSA) is 44.5 Å². The summed E-state index contributed by atoms with van der Waals surface area (Å²) in [5.74, 6) is 0.765. The lowest BCUT2D eigenvalue weighted by Crippen LogP contribution is -2.23. The molecule has 0 amide bonds. The van der Waals surface area contributed by atoms with Crippen molar-refractivity contribution in [1.29, 1.82) is 0 Å². The van der Waals surface area contributed by atoms with E-state index in [0.717, 1.165) is 31.7 Å². The Labute approximate surface area is 97.2 Å². The van der Waals surface area contributed by atoms with Gasteiger partial charge in [-0.25, -0.2) is 0 Å². The van der Waals surface area contributed by atoms with E-state index in [4.69, 9.17) is 14.6 Å². The summed E-state index contributed by atoms with van der Waals surface area (Å²) in [6.45, 7) is 12.8. The summed E-state index contributed by atoms with van der Waals surface area (Å²) >= 11 is 0. The molecule has 0 rings (SSSR count). The first-order chi connectivity index (χ1) is 7.12. The highest BCUT2D eigenvalue weighted by molar-refractivity contribution is 6.44. The van der Waals surface area contributed by atoms with Crippen LogP contribution in [0.5, 0.6) is 0 Å². The van der Waals surface area contributed by atoms with Gasteiger partial charge in [-0.1, -0.05) is 20.8 Å². The molecule has 0 heterocycles. The molecule has 0 unspecified atom stereocenters. The summed E-state index contributed by atoms with van der Waals surface area (Å²) < 4.78 is 11.1.